The van der Waals surface area contributed by atoms with Crippen molar-refractivity contribution < 1.29 is 24.2 Å². The van der Waals surface area contributed by atoms with E-state index in [1.807, 2.05) is 34.6 Å². The quantitative estimate of drug-likeness (QED) is 0.231. The number of hydrogen-bond donors (Lipinski definition) is 1. The Morgan fingerprint density at radius 1 is 1.32 bits per heavy atom. The molecule has 3 rings (SSSR count). The number of unbranched alkanes of at least 4 members (excludes halogenated alkanes) is 1. The Hall–Kier alpha value is -1.80. The number of nitrogens with zero attached hydrogens (tertiary/aromatic N) is 2. The number of likely N-dealkylation sites (tertiary alicyclic amines) is 1. The number of carbonyl (C=O) groups is 3. The van der Waals surface area contributed by atoms with Crippen LogP contribution in [-0.2, 0) is 19.1 Å². The molecule has 208 valence electrons. The smallest absolute Gasteiger partial charge is 0.310 e. The maximum absolute atomic E-state index is 14.5. The third kappa shape index (κ3) is 5.00. The topological polar surface area (TPSA) is 87.2 Å². The average Bonchev–Trinajstić information content (AvgIpc) is 3.43. The molecule has 1 spiro atoms. The zero-order chi connectivity index (χ0) is 27.7. The number of fused-ring (bicyclic) bond motifs is 1. The summed E-state index contributed by atoms with van der Waals surface area (Å²) in [6, 6.07) is -1.27. The lowest BCUT2D eigenvalue weighted by Gasteiger charge is -2.45. The number of thioether (sulfide) groups is 1. The van der Waals surface area contributed by atoms with Gasteiger partial charge in [0.2, 0.25) is 11.8 Å². The van der Waals surface area contributed by atoms with Crippen LogP contribution in [-0.4, -0.2) is 80.1 Å². The number of allylic oxidation sites excluding steroid dienone is 1. The predicted molar refractivity (Wildman–Crippen MR) is 148 cm³/mol. The molecule has 2 amide bonds. The zero-order valence-electron chi connectivity index (χ0n) is 23.4. The maximum atomic E-state index is 14.5. The van der Waals surface area contributed by atoms with E-state index in [1.54, 1.807) is 33.7 Å². The van der Waals surface area contributed by atoms with Crippen molar-refractivity contribution in [1.82, 2.24) is 9.80 Å². The van der Waals surface area contributed by atoms with Gasteiger partial charge in [-0.2, -0.15) is 0 Å². The summed E-state index contributed by atoms with van der Waals surface area (Å²) in [6.45, 7) is 20.1. The van der Waals surface area contributed by atoms with Crippen LogP contribution < -0.4 is 0 Å². The summed E-state index contributed by atoms with van der Waals surface area (Å²) in [4.78, 5) is 45.8. The van der Waals surface area contributed by atoms with Gasteiger partial charge < -0.3 is 19.6 Å². The van der Waals surface area contributed by atoms with Crippen molar-refractivity contribution in [2.24, 2.45) is 23.7 Å². The number of carbonyl (C=O) groups excluding carboxylic acids is 3. The maximum Gasteiger partial charge on any atom is 0.310 e. The van der Waals surface area contributed by atoms with Gasteiger partial charge in [-0.15, -0.1) is 24.9 Å². The molecular formula is C29H46N2O5S. The Balaban J connectivity index is 2.11. The second-order valence-electron chi connectivity index (χ2n) is 11.9. The minimum Gasteiger partial charge on any atom is -0.465 e. The molecule has 3 unspecified atom stereocenters. The number of hydrogen-bond acceptors (Lipinski definition) is 6. The molecule has 8 atom stereocenters. The minimum atomic E-state index is -0.765. The average molecular weight is 535 g/mol. The van der Waals surface area contributed by atoms with Crippen LogP contribution in [0.25, 0.3) is 0 Å². The first-order valence-electron chi connectivity index (χ1n) is 13.7. The van der Waals surface area contributed by atoms with Gasteiger partial charge in [-0.1, -0.05) is 39.3 Å². The summed E-state index contributed by atoms with van der Waals surface area (Å²) < 4.78 is 4.93. The lowest BCUT2D eigenvalue weighted by molar-refractivity contribution is -0.155. The summed E-state index contributed by atoms with van der Waals surface area (Å²) in [7, 11) is 0. The molecule has 0 saturated carbocycles. The van der Waals surface area contributed by atoms with Crippen LogP contribution in [0.1, 0.15) is 67.2 Å². The second-order valence-corrected chi connectivity index (χ2v) is 13.5. The summed E-state index contributed by atoms with van der Waals surface area (Å²) in [5.74, 6) is -1.85. The number of ether oxygens (including phenoxy) is 1. The molecular weight excluding hydrogens is 488 g/mol. The Kier molecular flexibility index (Phi) is 9.26. The van der Waals surface area contributed by atoms with Crippen LogP contribution in [0, 0.1) is 23.7 Å². The van der Waals surface area contributed by atoms with Crippen molar-refractivity contribution in [3.05, 3.63) is 25.3 Å². The van der Waals surface area contributed by atoms with E-state index in [-0.39, 0.29) is 48.1 Å². The van der Waals surface area contributed by atoms with Crippen molar-refractivity contribution >= 4 is 29.5 Å². The summed E-state index contributed by atoms with van der Waals surface area (Å²) in [5.41, 5.74) is -0.492. The Labute approximate surface area is 227 Å². The molecule has 7 nitrogen and oxygen atoms in total. The van der Waals surface area contributed by atoms with Crippen LogP contribution in [0.15, 0.2) is 25.3 Å². The fourth-order valence-corrected chi connectivity index (χ4v) is 9.04. The molecule has 3 aliphatic rings. The van der Waals surface area contributed by atoms with Gasteiger partial charge in [0.15, 0.2) is 0 Å². The van der Waals surface area contributed by atoms with Crippen LogP contribution >= 0.6 is 11.8 Å². The molecule has 2 bridgehead atoms. The van der Waals surface area contributed by atoms with Gasteiger partial charge in [-0.3, -0.25) is 14.4 Å². The summed E-state index contributed by atoms with van der Waals surface area (Å²) in [6.07, 6.45) is 6.45. The molecule has 1 N–H and O–H groups in total. The highest BCUT2D eigenvalue weighted by Crippen LogP contribution is 2.69. The van der Waals surface area contributed by atoms with Crippen LogP contribution in [0.5, 0.6) is 0 Å². The first-order valence-corrected chi connectivity index (χ1v) is 14.6. The fourth-order valence-electron chi connectivity index (χ4n) is 6.65. The van der Waals surface area contributed by atoms with Crippen molar-refractivity contribution in [1.29, 1.82) is 0 Å². The third-order valence-electron chi connectivity index (χ3n) is 8.72. The van der Waals surface area contributed by atoms with Gasteiger partial charge >= 0.3 is 5.97 Å². The molecule has 3 aliphatic heterocycles. The first-order chi connectivity index (χ1) is 17.4. The predicted octanol–water partition coefficient (Wildman–Crippen LogP) is 4.05. The lowest BCUT2D eigenvalue weighted by Crippen LogP contribution is -2.62. The highest BCUT2D eigenvalue weighted by molar-refractivity contribution is 8.02. The Bertz CT molecular complexity index is 901. The van der Waals surface area contributed by atoms with E-state index in [0.717, 1.165) is 19.3 Å². The van der Waals surface area contributed by atoms with Gasteiger partial charge in [0.25, 0.3) is 0 Å². The largest absolute Gasteiger partial charge is 0.465 e. The summed E-state index contributed by atoms with van der Waals surface area (Å²) >= 11 is 1.64. The van der Waals surface area contributed by atoms with Gasteiger partial charge in [0, 0.05) is 17.3 Å². The van der Waals surface area contributed by atoms with Gasteiger partial charge in [0.05, 0.1) is 35.8 Å². The number of aliphatic hydroxyl groups excluding tert-OH is 1. The van der Waals surface area contributed by atoms with Crippen molar-refractivity contribution in [3.63, 3.8) is 0 Å². The van der Waals surface area contributed by atoms with Crippen molar-refractivity contribution in [2.45, 2.75) is 94.8 Å². The third-order valence-corrected chi connectivity index (χ3v) is 10.8. The van der Waals surface area contributed by atoms with E-state index in [0.29, 0.717) is 13.0 Å². The molecule has 37 heavy (non-hydrogen) atoms. The molecule has 8 heteroatoms. The number of amides is 2. The number of esters is 1. The summed E-state index contributed by atoms with van der Waals surface area (Å²) in [5, 5.41) is 10.4. The fraction of sp³-hybridized carbons (Fsp3) is 0.759. The second kappa shape index (κ2) is 11.5. The molecule has 3 fully saturated rings. The van der Waals surface area contributed by atoms with E-state index in [1.165, 1.54) is 0 Å². The van der Waals surface area contributed by atoms with Crippen molar-refractivity contribution in [3.8, 4) is 0 Å². The van der Waals surface area contributed by atoms with E-state index in [2.05, 4.69) is 20.1 Å². The van der Waals surface area contributed by atoms with Crippen molar-refractivity contribution in [2.75, 3.05) is 19.8 Å². The standard InChI is InChI=1S/C29H46N2O5S/c1-9-12-13-15-36-27(35)22-21-16-19(5)29(37-21)23(22)25(33)31(20(17-32)18(4)11-3)24(29)26(34)30(14-10-2)28(6,7)8/h9-10,18-24,32H,1-2,11-17H2,3-8H3/t18-,19?,20-,21-,22+,23-,24?,29?/m0/s1. The molecule has 0 aromatic carbocycles. The van der Waals surface area contributed by atoms with E-state index in [9.17, 15) is 19.5 Å². The molecule has 0 aromatic rings. The van der Waals surface area contributed by atoms with Gasteiger partial charge in [-0.05, 0) is 51.9 Å². The minimum absolute atomic E-state index is 0.0104. The first kappa shape index (κ1) is 29.8. The molecule has 0 aliphatic carbocycles. The Morgan fingerprint density at radius 3 is 2.54 bits per heavy atom. The molecule has 0 aromatic heterocycles. The molecule has 3 saturated heterocycles. The van der Waals surface area contributed by atoms with E-state index >= 15 is 0 Å². The van der Waals surface area contributed by atoms with Gasteiger partial charge in [-0.25, -0.2) is 0 Å². The monoisotopic (exact) mass is 534 g/mol. The van der Waals surface area contributed by atoms with Crippen LogP contribution in [0.2, 0.25) is 0 Å². The van der Waals surface area contributed by atoms with E-state index < -0.39 is 34.2 Å². The molecule has 0 radical (unpaired) electrons. The zero-order valence-corrected chi connectivity index (χ0v) is 24.3. The van der Waals surface area contributed by atoms with Crippen LogP contribution in [0.3, 0.4) is 0 Å². The van der Waals surface area contributed by atoms with Gasteiger partial charge in [0.1, 0.15) is 6.04 Å². The Morgan fingerprint density at radius 2 is 2.00 bits per heavy atom. The highest BCUT2D eigenvalue weighted by atomic mass is 32.2. The van der Waals surface area contributed by atoms with E-state index in [4.69, 9.17) is 4.74 Å². The highest BCUT2D eigenvalue weighted by Gasteiger charge is 2.77. The number of rotatable bonds is 12. The normalized spacial score (nSPS) is 32.1. The molecule has 3 heterocycles. The lowest BCUT2D eigenvalue weighted by atomic mass is 9.66. The SMILES string of the molecule is C=CCCCOC(=O)[C@@H]1[C@@H]2CC(C)C3(S2)C(C(=O)N(CC=C)C(C)(C)C)N([C@@H](CO)[C@@H](C)CC)C(=O)[C@H]13. The van der Waals surface area contributed by atoms with Crippen LogP contribution in [0.4, 0.5) is 0 Å². The number of aliphatic hydroxyl groups is 1.